The van der Waals surface area contributed by atoms with Gasteiger partial charge in [0.05, 0.1) is 5.00 Å². The molecular formula is C15H19NS. The van der Waals surface area contributed by atoms with Gasteiger partial charge in [-0.2, -0.15) is 0 Å². The zero-order valence-electron chi connectivity index (χ0n) is 10.9. The van der Waals surface area contributed by atoms with Gasteiger partial charge in [-0.25, -0.2) is 0 Å². The second kappa shape index (κ2) is 4.19. The summed E-state index contributed by atoms with van der Waals surface area (Å²) < 4.78 is 0. The van der Waals surface area contributed by atoms with Gasteiger partial charge in [0.15, 0.2) is 0 Å². The van der Waals surface area contributed by atoms with Crippen molar-refractivity contribution < 1.29 is 0 Å². The van der Waals surface area contributed by atoms with Crippen LogP contribution < -0.4 is 5.73 Å². The molecule has 1 heterocycles. The van der Waals surface area contributed by atoms with Gasteiger partial charge in [0, 0.05) is 10.4 Å². The topological polar surface area (TPSA) is 26.0 Å². The van der Waals surface area contributed by atoms with Gasteiger partial charge in [0.25, 0.3) is 0 Å². The van der Waals surface area contributed by atoms with E-state index in [9.17, 15) is 0 Å². The molecule has 0 aliphatic carbocycles. The molecule has 0 bridgehead atoms. The van der Waals surface area contributed by atoms with Crippen molar-refractivity contribution in [3.8, 4) is 11.1 Å². The minimum Gasteiger partial charge on any atom is -0.390 e. The van der Waals surface area contributed by atoms with Crippen molar-refractivity contribution in [1.82, 2.24) is 0 Å². The Morgan fingerprint density at radius 2 is 1.65 bits per heavy atom. The lowest BCUT2D eigenvalue weighted by Crippen LogP contribution is -2.10. The van der Waals surface area contributed by atoms with E-state index < -0.39 is 0 Å². The molecule has 2 rings (SSSR count). The van der Waals surface area contributed by atoms with E-state index in [0.717, 1.165) is 10.6 Å². The molecule has 0 saturated carbocycles. The van der Waals surface area contributed by atoms with E-state index in [1.165, 1.54) is 16.0 Å². The zero-order chi connectivity index (χ0) is 12.6. The van der Waals surface area contributed by atoms with Crippen LogP contribution in [0.5, 0.6) is 0 Å². The number of benzene rings is 1. The maximum atomic E-state index is 6.02. The first-order chi connectivity index (χ1) is 7.88. The predicted molar refractivity (Wildman–Crippen MR) is 77.6 cm³/mol. The molecule has 0 unspecified atom stereocenters. The maximum Gasteiger partial charge on any atom is 0.0938 e. The van der Waals surface area contributed by atoms with Crippen LogP contribution in [0.1, 0.15) is 31.2 Å². The molecule has 0 radical (unpaired) electrons. The molecule has 2 heteroatoms. The number of hydrogen-bond acceptors (Lipinski definition) is 2. The van der Waals surface area contributed by atoms with E-state index in [-0.39, 0.29) is 5.41 Å². The Kier molecular flexibility index (Phi) is 3.00. The molecule has 1 nitrogen and oxygen atoms in total. The summed E-state index contributed by atoms with van der Waals surface area (Å²) in [4.78, 5) is 1.26. The van der Waals surface area contributed by atoms with Gasteiger partial charge in [0.1, 0.15) is 0 Å². The molecule has 0 atom stereocenters. The Morgan fingerprint density at radius 1 is 1.06 bits per heavy atom. The van der Waals surface area contributed by atoms with E-state index in [1.807, 2.05) is 0 Å². The number of rotatable bonds is 1. The van der Waals surface area contributed by atoms with Gasteiger partial charge >= 0.3 is 0 Å². The number of anilines is 1. The standard InChI is InChI=1S/C15H19NS/c1-10-9-13(14(16)17-10)11-5-7-12(8-6-11)15(2,3)4/h5-9H,16H2,1-4H3. The number of nitrogen functional groups attached to an aromatic ring is 1. The number of nitrogens with two attached hydrogens (primary N) is 1. The Bertz CT molecular complexity index is 515. The molecular weight excluding hydrogens is 226 g/mol. The third-order valence-electron chi connectivity index (χ3n) is 2.95. The molecule has 0 fully saturated rings. The molecule has 0 aliphatic rings. The fourth-order valence-electron chi connectivity index (χ4n) is 1.91. The lowest BCUT2D eigenvalue weighted by atomic mass is 9.86. The van der Waals surface area contributed by atoms with Gasteiger partial charge in [-0.3, -0.25) is 0 Å². The van der Waals surface area contributed by atoms with E-state index in [0.29, 0.717) is 0 Å². The zero-order valence-corrected chi connectivity index (χ0v) is 11.7. The highest BCUT2D eigenvalue weighted by Crippen LogP contribution is 2.34. The first kappa shape index (κ1) is 12.2. The largest absolute Gasteiger partial charge is 0.390 e. The highest BCUT2D eigenvalue weighted by atomic mass is 32.1. The van der Waals surface area contributed by atoms with Crippen molar-refractivity contribution in [3.63, 3.8) is 0 Å². The first-order valence-electron chi connectivity index (χ1n) is 5.85. The normalized spacial score (nSPS) is 11.8. The number of aryl methyl sites for hydroxylation is 1. The fourth-order valence-corrected chi connectivity index (χ4v) is 2.72. The van der Waals surface area contributed by atoms with Crippen LogP contribution in [0, 0.1) is 6.92 Å². The van der Waals surface area contributed by atoms with E-state index in [1.54, 1.807) is 11.3 Å². The van der Waals surface area contributed by atoms with Gasteiger partial charge in [0.2, 0.25) is 0 Å². The van der Waals surface area contributed by atoms with Crippen molar-refractivity contribution in [1.29, 1.82) is 0 Å². The second-order valence-electron chi connectivity index (χ2n) is 5.46. The van der Waals surface area contributed by atoms with Gasteiger partial charge < -0.3 is 5.73 Å². The number of thiophene rings is 1. The monoisotopic (exact) mass is 245 g/mol. The molecule has 0 aliphatic heterocycles. The molecule has 0 saturated heterocycles. The minimum atomic E-state index is 0.203. The fraction of sp³-hybridized carbons (Fsp3) is 0.333. The van der Waals surface area contributed by atoms with E-state index in [2.05, 4.69) is 58.0 Å². The second-order valence-corrected chi connectivity index (χ2v) is 6.75. The summed E-state index contributed by atoms with van der Waals surface area (Å²) in [6, 6.07) is 10.9. The van der Waals surface area contributed by atoms with Crippen molar-refractivity contribution in [2.24, 2.45) is 0 Å². The Morgan fingerprint density at radius 3 is 2.06 bits per heavy atom. The van der Waals surface area contributed by atoms with Crippen LogP contribution in [0.25, 0.3) is 11.1 Å². The summed E-state index contributed by atoms with van der Waals surface area (Å²) in [7, 11) is 0. The van der Waals surface area contributed by atoms with E-state index in [4.69, 9.17) is 5.73 Å². The minimum absolute atomic E-state index is 0.203. The third kappa shape index (κ3) is 2.52. The van der Waals surface area contributed by atoms with Gasteiger partial charge in [-0.05, 0) is 29.5 Å². The van der Waals surface area contributed by atoms with Crippen molar-refractivity contribution in [3.05, 3.63) is 40.8 Å². The highest BCUT2D eigenvalue weighted by molar-refractivity contribution is 7.16. The molecule has 2 aromatic rings. The lowest BCUT2D eigenvalue weighted by Gasteiger charge is -2.19. The molecule has 0 amide bonds. The quantitative estimate of drug-likeness (QED) is 0.780. The highest BCUT2D eigenvalue weighted by Gasteiger charge is 2.13. The maximum absolute atomic E-state index is 6.02. The van der Waals surface area contributed by atoms with Crippen LogP contribution in [0.4, 0.5) is 5.00 Å². The smallest absolute Gasteiger partial charge is 0.0938 e. The summed E-state index contributed by atoms with van der Waals surface area (Å²) in [5, 5.41) is 0.908. The van der Waals surface area contributed by atoms with Crippen molar-refractivity contribution >= 4 is 16.3 Å². The van der Waals surface area contributed by atoms with Crippen molar-refractivity contribution in [2.75, 3.05) is 5.73 Å². The average Bonchev–Trinajstić information content (AvgIpc) is 2.57. The van der Waals surface area contributed by atoms with E-state index >= 15 is 0 Å². The summed E-state index contributed by atoms with van der Waals surface area (Å²) in [5.41, 5.74) is 9.94. The van der Waals surface area contributed by atoms with Gasteiger partial charge in [-0.1, -0.05) is 45.0 Å². The molecule has 1 aromatic heterocycles. The molecule has 2 N–H and O–H groups in total. The molecule has 1 aromatic carbocycles. The number of hydrogen-bond donors (Lipinski definition) is 1. The Balaban J connectivity index is 2.39. The first-order valence-corrected chi connectivity index (χ1v) is 6.66. The van der Waals surface area contributed by atoms with Crippen LogP contribution in [-0.2, 0) is 5.41 Å². The molecule has 90 valence electrons. The van der Waals surface area contributed by atoms with Crippen LogP contribution in [0.15, 0.2) is 30.3 Å². The molecule has 17 heavy (non-hydrogen) atoms. The van der Waals surface area contributed by atoms with Crippen LogP contribution in [0.3, 0.4) is 0 Å². The van der Waals surface area contributed by atoms with Crippen LogP contribution in [0.2, 0.25) is 0 Å². The molecule has 0 spiro atoms. The Labute approximate surface area is 107 Å². The van der Waals surface area contributed by atoms with Gasteiger partial charge in [-0.15, -0.1) is 11.3 Å². The average molecular weight is 245 g/mol. The SMILES string of the molecule is Cc1cc(-c2ccc(C(C)(C)C)cc2)c(N)s1. The Hall–Kier alpha value is -1.28. The summed E-state index contributed by atoms with van der Waals surface area (Å²) in [5.74, 6) is 0. The summed E-state index contributed by atoms with van der Waals surface area (Å²) >= 11 is 1.65. The lowest BCUT2D eigenvalue weighted by molar-refractivity contribution is 0.590. The van der Waals surface area contributed by atoms with Crippen LogP contribution in [-0.4, -0.2) is 0 Å². The van der Waals surface area contributed by atoms with Crippen LogP contribution >= 0.6 is 11.3 Å². The summed E-state index contributed by atoms with van der Waals surface area (Å²) in [6.07, 6.45) is 0. The van der Waals surface area contributed by atoms with Crippen molar-refractivity contribution in [2.45, 2.75) is 33.1 Å². The third-order valence-corrected chi connectivity index (χ3v) is 3.83. The predicted octanol–water partition coefficient (Wildman–Crippen LogP) is 4.60. The summed E-state index contributed by atoms with van der Waals surface area (Å²) in [6.45, 7) is 8.77.